The van der Waals surface area contributed by atoms with Gasteiger partial charge in [-0.05, 0) is 34.4 Å². The second kappa shape index (κ2) is 9.82. The van der Waals surface area contributed by atoms with Crippen LogP contribution in [0.15, 0.2) is 72.8 Å². The molecule has 33 heavy (non-hydrogen) atoms. The lowest BCUT2D eigenvalue weighted by Gasteiger charge is -2.14. The Kier molecular flexibility index (Phi) is 6.49. The molecule has 0 radical (unpaired) electrons. The van der Waals surface area contributed by atoms with Gasteiger partial charge in [-0.15, -0.1) is 0 Å². The standard InChI is InChI=1S/C24H21N3O6/c28-23(25-13-14-26-24(29)33-17-11-9-16(10-12-17)27(30)31)32-15-22-20-7-3-1-5-18(20)19-6-2-4-8-21(19)22/h1-12,22H,13-15H2,(H,25,28)(H,26,29). The minimum Gasteiger partial charge on any atom is -0.449 e. The van der Waals surface area contributed by atoms with E-state index >= 15 is 0 Å². The molecule has 3 aromatic carbocycles. The van der Waals surface area contributed by atoms with Gasteiger partial charge in [0.2, 0.25) is 0 Å². The summed E-state index contributed by atoms with van der Waals surface area (Å²) in [6.45, 7) is 0.470. The number of benzene rings is 3. The van der Waals surface area contributed by atoms with Gasteiger partial charge in [-0.2, -0.15) is 0 Å². The van der Waals surface area contributed by atoms with Crippen LogP contribution in [-0.4, -0.2) is 36.8 Å². The second-order valence-corrected chi connectivity index (χ2v) is 7.32. The molecule has 0 saturated carbocycles. The number of nitrogens with one attached hydrogen (secondary N) is 2. The summed E-state index contributed by atoms with van der Waals surface area (Å²) in [5.41, 5.74) is 4.45. The molecule has 1 aliphatic carbocycles. The fraction of sp³-hybridized carbons (Fsp3) is 0.167. The summed E-state index contributed by atoms with van der Waals surface area (Å²) in [6.07, 6.45) is -1.32. The third-order valence-electron chi connectivity index (χ3n) is 5.27. The lowest BCUT2D eigenvalue weighted by Crippen LogP contribution is -2.36. The molecule has 2 amide bonds. The number of amides is 2. The first-order valence-corrected chi connectivity index (χ1v) is 10.3. The number of ether oxygens (including phenoxy) is 2. The molecule has 4 rings (SSSR count). The zero-order valence-corrected chi connectivity index (χ0v) is 17.5. The van der Waals surface area contributed by atoms with E-state index in [0.717, 1.165) is 22.3 Å². The number of alkyl carbamates (subject to hydrolysis) is 1. The number of nitrogens with zero attached hydrogens (tertiary/aromatic N) is 1. The number of hydrogen-bond donors (Lipinski definition) is 2. The number of carbonyl (C=O) groups excluding carboxylic acids is 2. The van der Waals surface area contributed by atoms with Gasteiger partial charge in [0, 0.05) is 31.1 Å². The van der Waals surface area contributed by atoms with Crippen LogP contribution in [0.2, 0.25) is 0 Å². The van der Waals surface area contributed by atoms with Crippen molar-refractivity contribution in [3.63, 3.8) is 0 Å². The van der Waals surface area contributed by atoms with E-state index in [1.807, 2.05) is 36.4 Å². The van der Waals surface area contributed by atoms with Crippen molar-refractivity contribution in [3.8, 4) is 16.9 Å². The quantitative estimate of drug-likeness (QED) is 0.318. The number of hydrogen-bond acceptors (Lipinski definition) is 6. The van der Waals surface area contributed by atoms with Crippen LogP contribution in [0.4, 0.5) is 15.3 Å². The van der Waals surface area contributed by atoms with E-state index in [-0.39, 0.29) is 37.1 Å². The Bertz CT molecular complexity index is 1130. The summed E-state index contributed by atoms with van der Waals surface area (Å²) in [7, 11) is 0. The highest BCUT2D eigenvalue weighted by Crippen LogP contribution is 2.44. The maximum absolute atomic E-state index is 12.1. The Labute approximate surface area is 189 Å². The van der Waals surface area contributed by atoms with Crippen LogP contribution < -0.4 is 15.4 Å². The molecule has 0 atom stereocenters. The lowest BCUT2D eigenvalue weighted by molar-refractivity contribution is -0.384. The molecule has 0 aromatic heterocycles. The molecular formula is C24H21N3O6. The van der Waals surface area contributed by atoms with Crippen molar-refractivity contribution in [2.45, 2.75) is 5.92 Å². The predicted octanol–water partition coefficient (Wildman–Crippen LogP) is 4.22. The van der Waals surface area contributed by atoms with E-state index in [2.05, 4.69) is 22.8 Å². The van der Waals surface area contributed by atoms with E-state index in [1.54, 1.807) is 0 Å². The topological polar surface area (TPSA) is 120 Å². The molecule has 3 aromatic rings. The van der Waals surface area contributed by atoms with Gasteiger partial charge in [0.25, 0.3) is 5.69 Å². The van der Waals surface area contributed by atoms with Crippen molar-refractivity contribution < 1.29 is 24.0 Å². The van der Waals surface area contributed by atoms with Gasteiger partial charge in [0.05, 0.1) is 4.92 Å². The van der Waals surface area contributed by atoms with Crippen molar-refractivity contribution in [3.05, 3.63) is 94.0 Å². The molecule has 0 bridgehead atoms. The number of nitro benzene ring substituents is 1. The van der Waals surface area contributed by atoms with Crippen LogP contribution in [0.1, 0.15) is 17.0 Å². The fourth-order valence-electron chi connectivity index (χ4n) is 3.76. The normalized spacial score (nSPS) is 11.8. The molecule has 0 aliphatic heterocycles. The number of fused-ring (bicyclic) bond motifs is 3. The molecule has 9 nitrogen and oxygen atoms in total. The van der Waals surface area contributed by atoms with Gasteiger partial charge in [0.15, 0.2) is 0 Å². The third kappa shape index (κ3) is 5.09. The van der Waals surface area contributed by atoms with Crippen LogP contribution in [0, 0.1) is 10.1 Å². The van der Waals surface area contributed by atoms with Crippen molar-refractivity contribution in [1.29, 1.82) is 0 Å². The first-order valence-electron chi connectivity index (χ1n) is 10.3. The molecule has 0 saturated heterocycles. The van der Waals surface area contributed by atoms with E-state index < -0.39 is 17.1 Å². The predicted molar refractivity (Wildman–Crippen MR) is 120 cm³/mol. The maximum Gasteiger partial charge on any atom is 0.412 e. The Balaban J connectivity index is 1.20. The van der Waals surface area contributed by atoms with Gasteiger partial charge in [0.1, 0.15) is 12.4 Å². The monoisotopic (exact) mass is 447 g/mol. The summed E-state index contributed by atoms with van der Waals surface area (Å²) >= 11 is 0. The Morgan fingerprint density at radius 1 is 0.818 bits per heavy atom. The van der Waals surface area contributed by atoms with Crippen LogP contribution in [0.5, 0.6) is 5.75 Å². The van der Waals surface area contributed by atoms with Gasteiger partial charge >= 0.3 is 12.2 Å². The molecular weight excluding hydrogens is 426 g/mol. The summed E-state index contributed by atoms with van der Waals surface area (Å²) in [6, 6.07) is 21.3. The van der Waals surface area contributed by atoms with Gasteiger partial charge in [-0.3, -0.25) is 10.1 Å². The first-order chi connectivity index (χ1) is 16.0. The number of rotatable bonds is 7. The van der Waals surface area contributed by atoms with Crippen molar-refractivity contribution in [2.24, 2.45) is 0 Å². The zero-order valence-electron chi connectivity index (χ0n) is 17.5. The number of non-ortho nitro benzene ring substituents is 1. The first kappa shape index (κ1) is 21.8. The van der Waals surface area contributed by atoms with Crippen LogP contribution >= 0.6 is 0 Å². The SMILES string of the molecule is O=C(NCCNC(=O)Oc1ccc([N+](=O)[O-])cc1)OCC1c2ccccc2-c2ccccc21. The van der Waals surface area contributed by atoms with Crippen molar-refractivity contribution >= 4 is 17.9 Å². The third-order valence-corrected chi connectivity index (χ3v) is 5.27. The number of nitro groups is 1. The highest BCUT2D eigenvalue weighted by Gasteiger charge is 2.28. The fourth-order valence-corrected chi connectivity index (χ4v) is 3.76. The number of carbonyl (C=O) groups is 2. The van der Waals surface area contributed by atoms with Gasteiger partial charge in [-0.25, -0.2) is 9.59 Å². The van der Waals surface area contributed by atoms with E-state index in [1.165, 1.54) is 24.3 Å². The summed E-state index contributed by atoms with van der Waals surface area (Å²) in [4.78, 5) is 34.0. The zero-order chi connectivity index (χ0) is 23.2. The Hall–Kier alpha value is -4.40. The average Bonchev–Trinajstić information content (AvgIpc) is 3.14. The van der Waals surface area contributed by atoms with E-state index in [9.17, 15) is 19.7 Å². The smallest absolute Gasteiger partial charge is 0.412 e. The molecule has 0 heterocycles. The van der Waals surface area contributed by atoms with E-state index in [0.29, 0.717) is 0 Å². The highest BCUT2D eigenvalue weighted by atomic mass is 16.6. The van der Waals surface area contributed by atoms with Gasteiger partial charge in [-0.1, -0.05) is 48.5 Å². The second-order valence-electron chi connectivity index (χ2n) is 7.32. The summed E-state index contributed by atoms with van der Waals surface area (Å²) in [5.74, 6) is 0.139. The molecule has 0 fully saturated rings. The van der Waals surface area contributed by atoms with Gasteiger partial charge < -0.3 is 20.1 Å². The molecule has 2 N–H and O–H groups in total. The van der Waals surface area contributed by atoms with Crippen molar-refractivity contribution in [1.82, 2.24) is 10.6 Å². The Morgan fingerprint density at radius 3 is 1.94 bits per heavy atom. The minimum atomic E-state index is -0.738. The molecule has 0 spiro atoms. The maximum atomic E-state index is 12.1. The largest absolute Gasteiger partial charge is 0.449 e. The summed E-state index contributed by atoms with van der Waals surface area (Å²) < 4.78 is 10.4. The molecule has 168 valence electrons. The molecule has 0 unspecified atom stereocenters. The van der Waals surface area contributed by atoms with Crippen LogP contribution in [0.25, 0.3) is 11.1 Å². The highest BCUT2D eigenvalue weighted by molar-refractivity contribution is 5.79. The molecule has 1 aliphatic rings. The van der Waals surface area contributed by atoms with E-state index in [4.69, 9.17) is 9.47 Å². The lowest BCUT2D eigenvalue weighted by atomic mass is 9.98. The van der Waals surface area contributed by atoms with Crippen molar-refractivity contribution in [2.75, 3.05) is 19.7 Å². The molecule has 9 heteroatoms. The average molecular weight is 447 g/mol. The Morgan fingerprint density at radius 2 is 1.36 bits per heavy atom. The minimum absolute atomic E-state index is 0.0297. The summed E-state index contributed by atoms with van der Waals surface area (Å²) in [5, 5.41) is 15.7. The van der Waals surface area contributed by atoms with Crippen LogP contribution in [0.3, 0.4) is 0 Å². The van der Waals surface area contributed by atoms with Crippen LogP contribution in [-0.2, 0) is 4.74 Å².